The molecule has 5 rings (SSSR count). The van der Waals surface area contributed by atoms with Crippen molar-refractivity contribution in [2.45, 2.75) is 26.3 Å². The Labute approximate surface area is 210 Å². The van der Waals surface area contributed by atoms with Gasteiger partial charge in [0.25, 0.3) is 5.91 Å². The largest absolute Gasteiger partial charge is 0.493 e. The van der Waals surface area contributed by atoms with Crippen LogP contribution >= 0.6 is 0 Å². The maximum Gasteiger partial charge on any atom is 0.290 e. The Bertz CT molecular complexity index is 1360. The van der Waals surface area contributed by atoms with Gasteiger partial charge in [0.05, 0.1) is 44.4 Å². The number of hydrogen-bond acceptors (Lipinski definition) is 7. The summed E-state index contributed by atoms with van der Waals surface area (Å²) in [6.07, 6.45) is 0.773. The highest BCUT2D eigenvalue weighted by atomic mass is 16.5. The van der Waals surface area contributed by atoms with Gasteiger partial charge in [-0.2, -0.15) is 0 Å². The molecule has 8 heteroatoms. The Balaban J connectivity index is 1.58. The van der Waals surface area contributed by atoms with E-state index in [-0.39, 0.29) is 17.1 Å². The van der Waals surface area contributed by atoms with Crippen LogP contribution in [0.5, 0.6) is 11.5 Å². The first-order valence-corrected chi connectivity index (χ1v) is 12.3. The van der Waals surface area contributed by atoms with Crippen LogP contribution in [0, 0.1) is 13.8 Å². The molecule has 8 nitrogen and oxygen atoms in total. The minimum Gasteiger partial charge on any atom is -0.493 e. The van der Waals surface area contributed by atoms with Gasteiger partial charge >= 0.3 is 0 Å². The third-order valence-electron chi connectivity index (χ3n) is 7.28. The van der Waals surface area contributed by atoms with Crippen LogP contribution in [0.4, 0.5) is 0 Å². The zero-order valence-corrected chi connectivity index (χ0v) is 21.3. The van der Waals surface area contributed by atoms with E-state index >= 15 is 0 Å². The van der Waals surface area contributed by atoms with Crippen molar-refractivity contribution in [3.8, 4) is 11.5 Å². The summed E-state index contributed by atoms with van der Waals surface area (Å²) in [6.45, 7) is 8.51. The quantitative estimate of drug-likeness (QED) is 0.498. The molecule has 190 valence electrons. The minimum atomic E-state index is -0.570. The van der Waals surface area contributed by atoms with Gasteiger partial charge in [-0.1, -0.05) is 6.07 Å². The highest BCUT2D eigenvalue weighted by Crippen LogP contribution is 2.41. The summed E-state index contributed by atoms with van der Waals surface area (Å²) in [5.74, 6) is 0.994. The monoisotopic (exact) mass is 492 g/mol. The molecule has 3 aromatic rings. The average molecular weight is 493 g/mol. The second-order valence-electron chi connectivity index (χ2n) is 9.43. The molecule has 2 aromatic carbocycles. The Morgan fingerprint density at radius 2 is 1.67 bits per heavy atom. The van der Waals surface area contributed by atoms with Crippen LogP contribution in [0.25, 0.3) is 11.0 Å². The van der Waals surface area contributed by atoms with Crippen LogP contribution < -0.4 is 14.9 Å². The lowest BCUT2D eigenvalue weighted by atomic mass is 9.97. The molecule has 1 saturated heterocycles. The molecule has 2 aliphatic rings. The molecule has 1 fully saturated rings. The molecule has 1 amide bonds. The van der Waals surface area contributed by atoms with Crippen molar-refractivity contribution in [1.82, 2.24) is 9.80 Å². The van der Waals surface area contributed by atoms with Crippen molar-refractivity contribution in [3.63, 3.8) is 0 Å². The molecule has 1 aromatic heterocycles. The number of benzene rings is 2. The predicted octanol–water partition coefficient (Wildman–Crippen LogP) is 3.69. The summed E-state index contributed by atoms with van der Waals surface area (Å²) < 4.78 is 22.5. The van der Waals surface area contributed by atoms with Gasteiger partial charge < -0.3 is 23.5 Å². The predicted molar refractivity (Wildman–Crippen MR) is 136 cm³/mol. The number of morpholine rings is 1. The minimum absolute atomic E-state index is 0.127. The van der Waals surface area contributed by atoms with Crippen LogP contribution in [-0.4, -0.2) is 69.3 Å². The van der Waals surface area contributed by atoms with E-state index in [1.807, 2.05) is 38.1 Å². The van der Waals surface area contributed by atoms with Crippen molar-refractivity contribution in [3.05, 3.63) is 68.6 Å². The average Bonchev–Trinajstić information content (AvgIpc) is 3.17. The zero-order chi connectivity index (χ0) is 25.4. The zero-order valence-electron chi connectivity index (χ0n) is 21.3. The Kier molecular flexibility index (Phi) is 6.73. The van der Waals surface area contributed by atoms with E-state index in [2.05, 4.69) is 4.90 Å². The van der Waals surface area contributed by atoms with E-state index in [0.717, 1.165) is 56.0 Å². The maximum atomic E-state index is 13.8. The Morgan fingerprint density at radius 1 is 0.944 bits per heavy atom. The lowest BCUT2D eigenvalue weighted by molar-refractivity contribution is 0.0353. The van der Waals surface area contributed by atoms with E-state index in [9.17, 15) is 9.59 Å². The van der Waals surface area contributed by atoms with Gasteiger partial charge in [-0.15, -0.1) is 0 Å². The van der Waals surface area contributed by atoms with Gasteiger partial charge in [-0.25, -0.2) is 0 Å². The van der Waals surface area contributed by atoms with Crippen LogP contribution in [0.15, 0.2) is 39.5 Å². The fourth-order valence-corrected chi connectivity index (χ4v) is 5.17. The number of amides is 1. The first-order chi connectivity index (χ1) is 17.4. The molecule has 0 aliphatic carbocycles. The third-order valence-corrected chi connectivity index (χ3v) is 7.28. The topological polar surface area (TPSA) is 81.5 Å². The number of carbonyl (C=O) groups excluding carboxylic acids is 1. The lowest BCUT2D eigenvalue weighted by Gasteiger charge is -2.29. The van der Waals surface area contributed by atoms with E-state index in [1.54, 1.807) is 25.2 Å². The van der Waals surface area contributed by atoms with Crippen molar-refractivity contribution in [1.29, 1.82) is 0 Å². The second kappa shape index (κ2) is 9.95. The maximum absolute atomic E-state index is 13.8. The van der Waals surface area contributed by atoms with Gasteiger partial charge in [0.1, 0.15) is 5.58 Å². The number of aryl methyl sites for hydroxylation is 2. The van der Waals surface area contributed by atoms with Crippen LogP contribution in [-0.2, 0) is 4.74 Å². The molecule has 2 aliphatic heterocycles. The molecule has 1 atom stereocenters. The second-order valence-corrected chi connectivity index (χ2v) is 9.43. The van der Waals surface area contributed by atoms with Crippen molar-refractivity contribution < 1.29 is 23.4 Å². The third kappa shape index (κ3) is 4.24. The highest BCUT2D eigenvalue weighted by Gasteiger charge is 2.42. The molecule has 0 N–H and O–H groups in total. The van der Waals surface area contributed by atoms with Gasteiger partial charge in [0.15, 0.2) is 16.9 Å². The molecule has 3 heterocycles. The van der Waals surface area contributed by atoms with Crippen LogP contribution in [0.3, 0.4) is 0 Å². The summed E-state index contributed by atoms with van der Waals surface area (Å²) >= 11 is 0. The molecule has 0 unspecified atom stereocenters. The van der Waals surface area contributed by atoms with E-state index in [0.29, 0.717) is 34.6 Å². The summed E-state index contributed by atoms with van der Waals surface area (Å²) in [6, 6.07) is 8.65. The summed E-state index contributed by atoms with van der Waals surface area (Å²) in [4.78, 5) is 31.6. The van der Waals surface area contributed by atoms with Crippen molar-refractivity contribution in [2.24, 2.45) is 0 Å². The molecule has 0 bridgehead atoms. The van der Waals surface area contributed by atoms with Crippen molar-refractivity contribution in [2.75, 3.05) is 53.6 Å². The number of rotatable bonds is 7. The number of methoxy groups -OCH3 is 2. The fourth-order valence-electron chi connectivity index (χ4n) is 5.17. The highest BCUT2D eigenvalue weighted by molar-refractivity contribution is 5.99. The first-order valence-electron chi connectivity index (χ1n) is 12.3. The Hall–Kier alpha value is -3.36. The summed E-state index contributed by atoms with van der Waals surface area (Å²) in [5, 5.41) is 0.491. The molecule has 36 heavy (non-hydrogen) atoms. The van der Waals surface area contributed by atoms with Crippen LogP contribution in [0.1, 0.15) is 45.3 Å². The lowest BCUT2D eigenvalue weighted by Crippen LogP contribution is -2.38. The number of hydrogen-bond donors (Lipinski definition) is 0. The van der Waals surface area contributed by atoms with Crippen LogP contribution in [0.2, 0.25) is 0 Å². The molecule has 0 spiro atoms. The van der Waals surface area contributed by atoms with Crippen molar-refractivity contribution >= 4 is 16.9 Å². The summed E-state index contributed by atoms with van der Waals surface area (Å²) in [5.41, 5.74) is 3.45. The SMILES string of the molecule is COc1ccc([C@H]2c3c(oc4cc(C)c(C)cc4c3=O)C(=O)N2CCCN2CCOCC2)cc1OC. The van der Waals surface area contributed by atoms with E-state index in [1.165, 1.54) is 0 Å². The van der Waals surface area contributed by atoms with Gasteiger partial charge in [0.2, 0.25) is 5.76 Å². The molecule has 0 saturated carbocycles. The summed E-state index contributed by atoms with van der Waals surface area (Å²) in [7, 11) is 3.15. The van der Waals surface area contributed by atoms with Gasteiger partial charge in [0, 0.05) is 26.2 Å². The number of ether oxygens (including phenoxy) is 3. The number of carbonyl (C=O) groups is 1. The Morgan fingerprint density at radius 3 is 2.39 bits per heavy atom. The standard InChI is InChI=1S/C28H32N2O6/c1-17-14-20-22(15-18(17)2)36-27-24(26(20)31)25(19-6-7-21(33-3)23(16-19)34-4)30(28(27)32)9-5-8-29-10-12-35-13-11-29/h6-7,14-16,25H,5,8-13H2,1-4H3/t25-/m0/s1. The molecular weight excluding hydrogens is 460 g/mol. The van der Waals surface area contributed by atoms with E-state index in [4.69, 9.17) is 18.6 Å². The van der Waals surface area contributed by atoms with Gasteiger partial charge in [-0.3, -0.25) is 14.5 Å². The fraction of sp³-hybridized carbons (Fsp3) is 0.429. The first kappa shape index (κ1) is 24.3. The molecule has 0 radical (unpaired) electrons. The smallest absolute Gasteiger partial charge is 0.290 e. The molecular formula is C28H32N2O6. The number of nitrogens with zero attached hydrogens (tertiary/aromatic N) is 2. The normalized spacial score (nSPS) is 18.1. The van der Waals surface area contributed by atoms with E-state index < -0.39 is 6.04 Å². The number of fused-ring (bicyclic) bond motifs is 2. The van der Waals surface area contributed by atoms with Gasteiger partial charge in [-0.05, 0) is 61.2 Å².